The van der Waals surface area contributed by atoms with E-state index in [4.69, 9.17) is 0 Å². The Hall–Kier alpha value is -0.570. The predicted molar refractivity (Wildman–Crippen MR) is 69.5 cm³/mol. The molecule has 0 heterocycles. The fraction of sp³-hybridized carbons (Fsp3) is 0.923. The second-order valence-electron chi connectivity index (χ2n) is 4.89. The second kappa shape index (κ2) is 7.66. The van der Waals surface area contributed by atoms with Crippen molar-refractivity contribution in [2.24, 2.45) is 5.92 Å². The van der Waals surface area contributed by atoms with Gasteiger partial charge in [0.15, 0.2) is 0 Å². The van der Waals surface area contributed by atoms with Gasteiger partial charge < -0.3 is 10.6 Å². The van der Waals surface area contributed by atoms with Crippen LogP contribution in [0.3, 0.4) is 0 Å². The molecule has 0 rings (SSSR count). The normalized spacial score (nSPS) is 11.9. The molecule has 96 valence electrons. The van der Waals surface area contributed by atoms with Gasteiger partial charge in [0.05, 0.1) is 6.54 Å². The van der Waals surface area contributed by atoms with Gasteiger partial charge in [-0.05, 0) is 25.2 Å². The second-order valence-corrected chi connectivity index (χ2v) is 4.89. The number of nitrogens with one attached hydrogen (secondary N) is 2. The molecule has 0 bridgehead atoms. The number of carbonyl (C=O) groups is 1. The number of amides is 1. The number of rotatable bonds is 8. The SMILES string of the molecule is CCC(CC)(CC)NCC(=O)NCC(C)C. The summed E-state index contributed by atoms with van der Waals surface area (Å²) in [6, 6.07) is 0. The van der Waals surface area contributed by atoms with Crippen molar-refractivity contribution in [1.82, 2.24) is 10.6 Å². The molecule has 0 spiro atoms. The van der Waals surface area contributed by atoms with Crippen molar-refractivity contribution in [3.63, 3.8) is 0 Å². The van der Waals surface area contributed by atoms with Gasteiger partial charge in [-0.15, -0.1) is 0 Å². The quantitative estimate of drug-likeness (QED) is 0.669. The van der Waals surface area contributed by atoms with Crippen molar-refractivity contribution >= 4 is 5.91 Å². The van der Waals surface area contributed by atoms with Gasteiger partial charge >= 0.3 is 0 Å². The Labute approximate surface area is 100 Å². The zero-order valence-corrected chi connectivity index (χ0v) is 11.5. The van der Waals surface area contributed by atoms with E-state index in [1.807, 2.05) is 0 Å². The highest BCUT2D eigenvalue weighted by Gasteiger charge is 2.23. The van der Waals surface area contributed by atoms with Crippen molar-refractivity contribution in [3.8, 4) is 0 Å². The molecule has 0 aromatic heterocycles. The zero-order valence-electron chi connectivity index (χ0n) is 11.5. The van der Waals surface area contributed by atoms with Crippen LogP contribution in [0.15, 0.2) is 0 Å². The fourth-order valence-electron chi connectivity index (χ4n) is 1.77. The summed E-state index contributed by atoms with van der Waals surface area (Å²) in [4.78, 5) is 11.6. The van der Waals surface area contributed by atoms with E-state index in [0.29, 0.717) is 12.5 Å². The lowest BCUT2D eigenvalue weighted by molar-refractivity contribution is -0.120. The highest BCUT2D eigenvalue weighted by molar-refractivity contribution is 5.78. The summed E-state index contributed by atoms with van der Waals surface area (Å²) in [6.07, 6.45) is 3.20. The van der Waals surface area contributed by atoms with E-state index in [-0.39, 0.29) is 11.4 Å². The van der Waals surface area contributed by atoms with Crippen LogP contribution in [0.2, 0.25) is 0 Å². The molecule has 0 atom stereocenters. The van der Waals surface area contributed by atoms with Crippen LogP contribution in [0, 0.1) is 5.92 Å². The summed E-state index contributed by atoms with van der Waals surface area (Å²) in [5.74, 6) is 0.616. The van der Waals surface area contributed by atoms with Crippen molar-refractivity contribution < 1.29 is 4.79 Å². The van der Waals surface area contributed by atoms with Gasteiger partial charge in [0, 0.05) is 12.1 Å². The Morgan fingerprint density at radius 3 is 2.00 bits per heavy atom. The van der Waals surface area contributed by atoms with Crippen molar-refractivity contribution in [3.05, 3.63) is 0 Å². The molecule has 0 aromatic carbocycles. The van der Waals surface area contributed by atoms with Crippen molar-refractivity contribution in [1.29, 1.82) is 0 Å². The average Bonchev–Trinajstić information content (AvgIpc) is 2.29. The van der Waals surface area contributed by atoms with Crippen LogP contribution in [-0.4, -0.2) is 24.5 Å². The fourth-order valence-corrected chi connectivity index (χ4v) is 1.77. The molecule has 1 amide bonds. The standard InChI is InChI=1S/C13H28N2O/c1-6-13(7-2,8-3)15-10-12(16)14-9-11(4)5/h11,15H,6-10H2,1-5H3,(H,14,16). The van der Waals surface area contributed by atoms with Crippen LogP contribution in [0.5, 0.6) is 0 Å². The van der Waals surface area contributed by atoms with Crippen molar-refractivity contribution in [2.45, 2.75) is 59.4 Å². The molecule has 0 saturated carbocycles. The molecule has 3 nitrogen and oxygen atoms in total. The molecule has 0 aromatic rings. The predicted octanol–water partition coefficient (Wildman–Crippen LogP) is 2.32. The van der Waals surface area contributed by atoms with Crippen molar-refractivity contribution in [2.75, 3.05) is 13.1 Å². The van der Waals surface area contributed by atoms with E-state index in [2.05, 4.69) is 45.3 Å². The number of carbonyl (C=O) groups excluding carboxylic acids is 1. The molecule has 0 aliphatic rings. The molecule has 0 saturated heterocycles. The molecule has 0 fully saturated rings. The van der Waals surface area contributed by atoms with E-state index in [0.717, 1.165) is 25.8 Å². The van der Waals surface area contributed by atoms with E-state index >= 15 is 0 Å². The molecule has 0 aliphatic heterocycles. The third-order valence-electron chi connectivity index (χ3n) is 3.36. The maximum atomic E-state index is 11.6. The summed E-state index contributed by atoms with van der Waals surface area (Å²) in [7, 11) is 0. The molecule has 0 aliphatic carbocycles. The third kappa shape index (κ3) is 5.50. The highest BCUT2D eigenvalue weighted by Crippen LogP contribution is 2.18. The van der Waals surface area contributed by atoms with E-state index in [9.17, 15) is 4.79 Å². The van der Waals surface area contributed by atoms with Crippen LogP contribution in [0.25, 0.3) is 0 Å². The maximum Gasteiger partial charge on any atom is 0.233 e. The summed E-state index contributed by atoms with van der Waals surface area (Å²) in [6.45, 7) is 11.9. The molecular weight excluding hydrogens is 200 g/mol. The molecule has 3 heteroatoms. The van der Waals surface area contributed by atoms with Crippen LogP contribution in [0.1, 0.15) is 53.9 Å². The van der Waals surface area contributed by atoms with Gasteiger partial charge in [-0.1, -0.05) is 34.6 Å². The lowest BCUT2D eigenvalue weighted by Gasteiger charge is -2.31. The van der Waals surface area contributed by atoms with Gasteiger partial charge in [-0.3, -0.25) is 4.79 Å². The van der Waals surface area contributed by atoms with E-state index in [1.165, 1.54) is 0 Å². The first kappa shape index (κ1) is 15.4. The lowest BCUT2D eigenvalue weighted by atomic mass is 9.90. The summed E-state index contributed by atoms with van der Waals surface area (Å²) >= 11 is 0. The minimum absolute atomic E-state index is 0.105. The highest BCUT2D eigenvalue weighted by atomic mass is 16.1. The van der Waals surface area contributed by atoms with Gasteiger partial charge in [-0.2, -0.15) is 0 Å². The van der Waals surface area contributed by atoms with Gasteiger partial charge in [0.2, 0.25) is 5.91 Å². The smallest absolute Gasteiger partial charge is 0.233 e. The van der Waals surface area contributed by atoms with Crippen LogP contribution >= 0.6 is 0 Å². The van der Waals surface area contributed by atoms with Crippen LogP contribution < -0.4 is 10.6 Å². The average molecular weight is 228 g/mol. The number of hydrogen-bond acceptors (Lipinski definition) is 2. The summed E-state index contributed by atoms with van der Waals surface area (Å²) < 4.78 is 0. The summed E-state index contributed by atoms with van der Waals surface area (Å²) in [5.41, 5.74) is 0.134. The van der Waals surface area contributed by atoms with Crippen LogP contribution in [0.4, 0.5) is 0 Å². The topological polar surface area (TPSA) is 41.1 Å². The monoisotopic (exact) mass is 228 g/mol. The molecule has 0 unspecified atom stereocenters. The molecule has 2 N–H and O–H groups in total. The Balaban J connectivity index is 3.97. The Kier molecular flexibility index (Phi) is 7.39. The van der Waals surface area contributed by atoms with E-state index in [1.54, 1.807) is 0 Å². The molecule has 0 radical (unpaired) electrons. The molecular formula is C13H28N2O. The van der Waals surface area contributed by atoms with E-state index < -0.39 is 0 Å². The first-order chi connectivity index (χ1) is 7.49. The summed E-state index contributed by atoms with van der Waals surface area (Å²) in [5, 5.41) is 6.32. The zero-order chi connectivity index (χ0) is 12.6. The van der Waals surface area contributed by atoms with Gasteiger partial charge in [0.25, 0.3) is 0 Å². The van der Waals surface area contributed by atoms with Gasteiger partial charge in [0.1, 0.15) is 0 Å². The molecule has 16 heavy (non-hydrogen) atoms. The number of hydrogen-bond donors (Lipinski definition) is 2. The first-order valence-electron chi connectivity index (χ1n) is 6.51. The van der Waals surface area contributed by atoms with Crippen LogP contribution in [-0.2, 0) is 4.79 Å². The Morgan fingerprint density at radius 1 is 1.12 bits per heavy atom. The maximum absolute atomic E-state index is 11.6. The minimum atomic E-state index is 0.105. The largest absolute Gasteiger partial charge is 0.355 e. The van der Waals surface area contributed by atoms with Gasteiger partial charge in [-0.25, -0.2) is 0 Å². The third-order valence-corrected chi connectivity index (χ3v) is 3.36. The lowest BCUT2D eigenvalue weighted by Crippen LogP contribution is -2.48. The Bertz CT molecular complexity index is 190. The Morgan fingerprint density at radius 2 is 1.62 bits per heavy atom. The first-order valence-corrected chi connectivity index (χ1v) is 6.51. The minimum Gasteiger partial charge on any atom is -0.355 e.